The molecule has 0 saturated heterocycles. The number of hydrogen-bond donors (Lipinski definition) is 2. The first-order chi connectivity index (χ1) is 4.65. The van der Waals surface area contributed by atoms with Crippen molar-refractivity contribution in [3.05, 3.63) is 0 Å². The molecule has 0 aliphatic heterocycles. The standard InChI is InChI=1S/C7H12ClNO/c8-6(9)7(10)4-2-1-3-5-7/h9-10H,1-5H2. The molecule has 2 N–H and O–H groups in total. The van der Waals surface area contributed by atoms with Gasteiger partial charge in [0, 0.05) is 0 Å². The zero-order chi connectivity index (χ0) is 7.61. The minimum atomic E-state index is -0.972. The fraction of sp³-hybridized carbons (Fsp3) is 0.857. The van der Waals surface area contributed by atoms with E-state index in [1.54, 1.807) is 0 Å². The van der Waals surface area contributed by atoms with Crippen LogP contribution in [0.5, 0.6) is 0 Å². The van der Waals surface area contributed by atoms with Crippen molar-refractivity contribution in [2.24, 2.45) is 0 Å². The van der Waals surface area contributed by atoms with E-state index in [1.165, 1.54) is 0 Å². The van der Waals surface area contributed by atoms with Crippen molar-refractivity contribution < 1.29 is 5.11 Å². The summed E-state index contributed by atoms with van der Waals surface area (Å²) in [5, 5.41) is 16.6. The van der Waals surface area contributed by atoms with E-state index >= 15 is 0 Å². The molecule has 1 aliphatic carbocycles. The Hall–Kier alpha value is -0.0800. The van der Waals surface area contributed by atoms with Crippen LogP contribution in [0.25, 0.3) is 0 Å². The first-order valence-electron chi connectivity index (χ1n) is 3.62. The summed E-state index contributed by atoms with van der Waals surface area (Å²) >= 11 is 5.43. The van der Waals surface area contributed by atoms with Crippen LogP contribution in [0.1, 0.15) is 32.1 Å². The van der Waals surface area contributed by atoms with E-state index in [4.69, 9.17) is 17.0 Å². The summed E-state index contributed by atoms with van der Waals surface area (Å²) in [4.78, 5) is 0. The van der Waals surface area contributed by atoms with Crippen LogP contribution in [-0.2, 0) is 0 Å². The van der Waals surface area contributed by atoms with Crippen LogP contribution >= 0.6 is 11.6 Å². The minimum Gasteiger partial charge on any atom is -0.383 e. The summed E-state index contributed by atoms with van der Waals surface area (Å²) in [6.45, 7) is 0. The van der Waals surface area contributed by atoms with Gasteiger partial charge in [0.05, 0.1) is 0 Å². The van der Waals surface area contributed by atoms with E-state index in [1.807, 2.05) is 0 Å². The Balaban J connectivity index is 2.56. The quantitative estimate of drug-likeness (QED) is 0.567. The van der Waals surface area contributed by atoms with Crippen molar-refractivity contribution in [3.8, 4) is 0 Å². The fourth-order valence-electron chi connectivity index (χ4n) is 1.36. The van der Waals surface area contributed by atoms with E-state index in [9.17, 15) is 5.11 Å². The molecule has 1 rings (SSSR count). The zero-order valence-electron chi connectivity index (χ0n) is 5.86. The molecule has 0 aromatic heterocycles. The summed E-state index contributed by atoms with van der Waals surface area (Å²) in [5.41, 5.74) is -0.972. The van der Waals surface area contributed by atoms with E-state index in [0.717, 1.165) is 19.3 Å². The highest BCUT2D eigenvalue weighted by molar-refractivity contribution is 6.66. The van der Waals surface area contributed by atoms with E-state index in [2.05, 4.69) is 0 Å². The highest BCUT2D eigenvalue weighted by atomic mass is 35.5. The van der Waals surface area contributed by atoms with Gasteiger partial charge in [-0.2, -0.15) is 0 Å². The van der Waals surface area contributed by atoms with E-state index in [-0.39, 0.29) is 5.17 Å². The van der Waals surface area contributed by atoms with Crippen molar-refractivity contribution in [1.82, 2.24) is 0 Å². The van der Waals surface area contributed by atoms with Crippen molar-refractivity contribution in [2.75, 3.05) is 0 Å². The van der Waals surface area contributed by atoms with Crippen molar-refractivity contribution in [3.63, 3.8) is 0 Å². The second kappa shape index (κ2) is 2.89. The topological polar surface area (TPSA) is 44.1 Å². The van der Waals surface area contributed by atoms with Crippen LogP contribution in [0.15, 0.2) is 0 Å². The predicted molar refractivity (Wildman–Crippen MR) is 41.6 cm³/mol. The molecule has 0 bridgehead atoms. The van der Waals surface area contributed by atoms with Gasteiger partial charge in [0.15, 0.2) is 0 Å². The summed E-state index contributed by atoms with van der Waals surface area (Å²) in [6.07, 6.45) is 4.47. The molecule has 0 radical (unpaired) electrons. The largest absolute Gasteiger partial charge is 0.383 e. The third-order valence-electron chi connectivity index (χ3n) is 2.09. The Bertz CT molecular complexity index is 141. The number of hydrogen-bond acceptors (Lipinski definition) is 2. The molecular formula is C7H12ClNO. The molecular weight excluding hydrogens is 150 g/mol. The van der Waals surface area contributed by atoms with Crippen LogP contribution in [-0.4, -0.2) is 15.9 Å². The summed E-state index contributed by atoms with van der Waals surface area (Å²) < 4.78 is 0. The number of aliphatic hydroxyl groups is 1. The monoisotopic (exact) mass is 161 g/mol. The van der Waals surface area contributed by atoms with Crippen LogP contribution in [0, 0.1) is 5.41 Å². The lowest BCUT2D eigenvalue weighted by molar-refractivity contribution is 0.0729. The third-order valence-corrected chi connectivity index (χ3v) is 2.44. The molecule has 1 saturated carbocycles. The molecule has 10 heavy (non-hydrogen) atoms. The summed E-state index contributed by atoms with van der Waals surface area (Å²) in [7, 11) is 0. The second-order valence-corrected chi connectivity index (χ2v) is 3.28. The Morgan fingerprint density at radius 1 is 1.30 bits per heavy atom. The Morgan fingerprint density at radius 2 is 1.80 bits per heavy atom. The van der Waals surface area contributed by atoms with Crippen molar-refractivity contribution >= 4 is 16.8 Å². The molecule has 3 heteroatoms. The lowest BCUT2D eigenvalue weighted by Crippen LogP contribution is -2.37. The maximum atomic E-state index is 9.59. The molecule has 0 aromatic carbocycles. The normalized spacial score (nSPS) is 24.2. The smallest absolute Gasteiger partial charge is 0.129 e. The minimum absolute atomic E-state index is 0.0906. The van der Waals surface area contributed by atoms with Gasteiger partial charge in [-0.3, -0.25) is 5.41 Å². The van der Waals surface area contributed by atoms with Crippen LogP contribution in [0.2, 0.25) is 0 Å². The van der Waals surface area contributed by atoms with Crippen LogP contribution in [0.3, 0.4) is 0 Å². The summed E-state index contributed by atoms with van der Waals surface area (Å²) in [5.74, 6) is 0. The van der Waals surface area contributed by atoms with Crippen molar-refractivity contribution in [2.45, 2.75) is 37.7 Å². The van der Waals surface area contributed by atoms with Gasteiger partial charge in [0.2, 0.25) is 0 Å². The highest BCUT2D eigenvalue weighted by Crippen LogP contribution is 2.29. The SMILES string of the molecule is N=C(Cl)C1(O)CCCCC1. The van der Waals surface area contributed by atoms with Crippen molar-refractivity contribution in [1.29, 1.82) is 5.41 Å². The predicted octanol–water partition coefficient (Wildman–Crippen LogP) is 1.90. The van der Waals surface area contributed by atoms with Crippen LogP contribution in [0.4, 0.5) is 0 Å². The Morgan fingerprint density at radius 3 is 2.10 bits per heavy atom. The van der Waals surface area contributed by atoms with Gasteiger partial charge in [-0.15, -0.1) is 0 Å². The number of rotatable bonds is 1. The van der Waals surface area contributed by atoms with Gasteiger partial charge in [0.25, 0.3) is 0 Å². The van der Waals surface area contributed by atoms with Gasteiger partial charge in [0.1, 0.15) is 10.8 Å². The van der Waals surface area contributed by atoms with Gasteiger partial charge < -0.3 is 5.11 Å². The molecule has 0 atom stereocenters. The molecule has 2 nitrogen and oxygen atoms in total. The Kier molecular flexibility index (Phi) is 2.32. The molecule has 0 aromatic rings. The molecule has 0 spiro atoms. The van der Waals surface area contributed by atoms with E-state index in [0.29, 0.717) is 12.8 Å². The molecule has 0 unspecified atom stereocenters. The van der Waals surface area contributed by atoms with Gasteiger partial charge in [-0.25, -0.2) is 0 Å². The molecule has 0 amide bonds. The molecule has 58 valence electrons. The zero-order valence-corrected chi connectivity index (χ0v) is 6.62. The maximum absolute atomic E-state index is 9.59. The van der Waals surface area contributed by atoms with Crippen LogP contribution < -0.4 is 0 Å². The second-order valence-electron chi connectivity index (χ2n) is 2.91. The first kappa shape index (κ1) is 8.02. The highest BCUT2D eigenvalue weighted by Gasteiger charge is 2.32. The van der Waals surface area contributed by atoms with Gasteiger partial charge in [-0.05, 0) is 12.8 Å². The number of nitrogens with one attached hydrogen (secondary N) is 1. The lowest BCUT2D eigenvalue weighted by atomic mass is 9.86. The number of halogens is 1. The maximum Gasteiger partial charge on any atom is 0.129 e. The van der Waals surface area contributed by atoms with Gasteiger partial charge >= 0.3 is 0 Å². The summed E-state index contributed by atoms with van der Waals surface area (Å²) in [6, 6.07) is 0. The average molecular weight is 162 g/mol. The lowest BCUT2D eigenvalue weighted by Gasteiger charge is -2.29. The third kappa shape index (κ3) is 1.50. The fourth-order valence-corrected chi connectivity index (χ4v) is 1.55. The first-order valence-corrected chi connectivity index (χ1v) is 4.00. The van der Waals surface area contributed by atoms with Gasteiger partial charge in [-0.1, -0.05) is 30.9 Å². The Labute approximate surface area is 65.7 Å². The molecule has 1 aliphatic rings. The van der Waals surface area contributed by atoms with E-state index < -0.39 is 5.60 Å². The average Bonchev–Trinajstić information content (AvgIpc) is 1.89. The molecule has 0 heterocycles. The molecule has 1 fully saturated rings.